The number of H-pyrrole nitrogens is 1. The Morgan fingerprint density at radius 2 is 2.03 bits per heavy atom. The molecule has 0 saturated heterocycles. The Kier molecular flexibility index (Phi) is 4.90. The highest BCUT2D eigenvalue weighted by molar-refractivity contribution is 7.15. The zero-order valence-electron chi connectivity index (χ0n) is 18.1. The van der Waals surface area contributed by atoms with Crippen LogP contribution in [0.25, 0.3) is 38.2 Å². The van der Waals surface area contributed by atoms with Crippen molar-refractivity contribution in [2.24, 2.45) is 0 Å². The summed E-state index contributed by atoms with van der Waals surface area (Å²) in [6.45, 7) is 6.34. The van der Waals surface area contributed by atoms with Crippen LogP contribution in [0, 0.1) is 13.8 Å². The van der Waals surface area contributed by atoms with Crippen molar-refractivity contribution in [1.29, 1.82) is 0 Å². The summed E-state index contributed by atoms with van der Waals surface area (Å²) in [7, 11) is 1.64. The van der Waals surface area contributed by atoms with Crippen LogP contribution in [-0.4, -0.2) is 38.2 Å². The lowest BCUT2D eigenvalue weighted by Gasteiger charge is -2.13. The van der Waals surface area contributed by atoms with E-state index in [2.05, 4.69) is 19.9 Å². The van der Waals surface area contributed by atoms with Crippen LogP contribution >= 0.6 is 11.3 Å². The number of ether oxygens (including phenoxy) is 2. The van der Waals surface area contributed by atoms with Crippen molar-refractivity contribution in [2.75, 3.05) is 13.7 Å². The van der Waals surface area contributed by atoms with Gasteiger partial charge in [0.2, 0.25) is 0 Å². The van der Waals surface area contributed by atoms with Gasteiger partial charge >= 0.3 is 5.69 Å². The van der Waals surface area contributed by atoms with Crippen LogP contribution in [0.5, 0.6) is 11.5 Å². The van der Waals surface area contributed by atoms with Crippen molar-refractivity contribution in [3.8, 4) is 27.6 Å². The first-order chi connectivity index (χ1) is 15.5. The number of hydrogen-bond acceptors (Lipinski definition) is 7. The number of aromatic amines is 1. The Morgan fingerprint density at radius 1 is 1.19 bits per heavy atom. The van der Waals surface area contributed by atoms with Crippen molar-refractivity contribution in [1.82, 2.24) is 24.5 Å². The molecule has 162 valence electrons. The fourth-order valence-electron chi connectivity index (χ4n) is 3.98. The van der Waals surface area contributed by atoms with Gasteiger partial charge in [0.25, 0.3) is 0 Å². The standard InChI is InChI=1S/C23H21N5O3S/c1-5-31-18-8-9-24-22-19(18)28(23(29)27-22)14-6-7-17-15(10-14)20(30-4)16(11-25-17)21-12(2)26-13(3)32-21/h6-11H,5H2,1-4H3,(H,24,27,29). The largest absolute Gasteiger partial charge is 0.495 e. The van der Waals surface area contributed by atoms with Gasteiger partial charge in [0.05, 0.1) is 46.1 Å². The number of imidazole rings is 1. The molecular formula is C23H21N5O3S. The van der Waals surface area contributed by atoms with Crippen molar-refractivity contribution in [3.05, 3.63) is 57.8 Å². The zero-order chi connectivity index (χ0) is 22.4. The molecule has 0 aliphatic carbocycles. The predicted octanol–water partition coefficient (Wildman–Crippen LogP) is 4.41. The third kappa shape index (κ3) is 3.13. The number of nitrogens with zero attached hydrogens (tertiary/aromatic N) is 4. The molecule has 0 saturated carbocycles. The molecule has 0 aliphatic heterocycles. The summed E-state index contributed by atoms with van der Waals surface area (Å²) >= 11 is 1.60. The number of rotatable bonds is 5. The smallest absolute Gasteiger partial charge is 0.332 e. The summed E-state index contributed by atoms with van der Waals surface area (Å²) in [6, 6.07) is 7.40. The number of methoxy groups -OCH3 is 1. The third-order valence-electron chi connectivity index (χ3n) is 5.25. The first-order valence-corrected chi connectivity index (χ1v) is 11.0. The molecule has 1 aromatic carbocycles. The maximum atomic E-state index is 12.9. The van der Waals surface area contributed by atoms with E-state index in [1.54, 1.807) is 35.3 Å². The average molecular weight is 448 g/mol. The van der Waals surface area contributed by atoms with E-state index in [9.17, 15) is 4.79 Å². The van der Waals surface area contributed by atoms with Crippen molar-refractivity contribution >= 4 is 33.4 Å². The Bertz CT molecular complexity index is 1530. The first-order valence-electron chi connectivity index (χ1n) is 10.2. The molecule has 0 bridgehead atoms. The molecule has 32 heavy (non-hydrogen) atoms. The average Bonchev–Trinajstić information content (AvgIpc) is 3.30. The van der Waals surface area contributed by atoms with E-state index in [0.717, 1.165) is 32.0 Å². The molecule has 5 rings (SSSR count). The maximum absolute atomic E-state index is 12.9. The van der Waals surface area contributed by atoms with Crippen LogP contribution in [0.15, 0.2) is 41.5 Å². The first kappa shape index (κ1) is 20.2. The Labute approximate surface area is 187 Å². The van der Waals surface area contributed by atoms with Crippen LogP contribution in [0.4, 0.5) is 0 Å². The molecule has 0 atom stereocenters. The number of thiazole rings is 1. The van der Waals surface area contributed by atoms with Gasteiger partial charge in [-0.3, -0.25) is 14.5 Å². The zero-order valence-corrected chi connectivity index (χ0v) is 18.9. The number of aryl methyl sites for hydroxylation is 2. The van der Waals surface area contributed by atoms with E-state index in [1.807, 2.05) is 45.2 Å². The second-order valence-electron chi connectivity index (χ2n) is 7.26. The van der Waals surface area contributed by atoms with Crippen LogP contribution in [0.2, 0.25) is 0 Å². The minimum Gasteiger partial charge on any atom is -0.495 e. The maximum Gasteiger partial charge on any atom is 0.332 e. The van der Waals surface area contributed by atoms with Gasteiger partial charge in [0.1, 0.15) is 17.0 Å². The fourth-order valence-corrected chi connectivity index (χ4v) is 4.91. The fraction of sp³-hybridized carbons (Fsp3) is 0.217. The summed E-state index contributed by atoms with van der Waals surface area (Å²) in [5, 5.41) is 1.78. The van der Waals surface area contributed by atoms with Crippen molar-refractivity contribution < 1.29 is 9.47 Å². The lowest BCUT2D eigenvalue weighted by molar-refractivity contribution is 0.343. The van der Waals surface area contributed by atoms with Crippen LogP contribution < -0.4 is 15.2 Å². The third-order valence-corrected chi connectivity index (χ3v) is 6.36. The van der Waals surface area contributed by atoms with Gasteiger partial charge in [-0.15, -0.1) is 11.3 Å². The van der Waals surface area contributed by atoms with Crippen LogP contribution in [0.1, 0.15) is 17.6 Å². The molecule has 0 spiro atoms. The molecule has 8 nitrogen and oxygen atoms in total. The SMILES string of the molecule is CCOc1ccnc2[nH]c(=O)n(-c3ccc4ncc(-c5sc(C)nc5C)c(OC)c4c3)c12. The highest BCUT2D eigenvalue weighted by Gasteiger charge is 2.19. The molecule has 0 unspecified atom stereocenters. The quantitative estimate of drug-likeness (QED) is 0.429. The van der Waals surface area contributed by atoms with Gasteiger partial charge in [0.15, 0.2) is 5.65 Å². The Balaban J connectivity index is 1.78. The minimum absolute atomic E-state index is 0.295. The van der Waals surface area contributed by atoms with E-state index in [1.165, 1.54) is 0 Å². The lowest BCUT2D eigenvalue weighted by Crippen LogP contribution is -2.15. The number of hydrogen-bond donors (Lipinski definition) is 1. The van der Waals surface area contributed by atoms with Gasteiger partial charge in [-0.25, -0.2) is 14.8 Å². The van der Waals surface area contributed by atoms with Crippen molar-refractivity contribution in [3.63, 3.8) is 0 Å². The number of pyridine rings is 2. The topological polar surface area (TPSA) is 94.9 Å². The summed E-state index contributed by atoms with van der Waals surface area (Å²) in [5.41, 5.74) is 4.01. The van der Waals surface area contributed by atoms with E-state index in [-0.39, 0.29) is 5.69 Å². The monoisotopic (exact) mass is 447 g/mol. The highest BCUT2D eigenvalue weighted by Crippen LogP contribution is 2.40. The molecule has 5 aromatic rings. The molecule has 0 aliphatic rings. The van der Waals surface area contributed by atoms with E-state index in [4.69, 9.17) is 9.47 Å². The molecular weight excluding hydrogens is 426 g/mol. The number of aromatic nitrogens is 5. The molecule has 0 amide bonds. The predicted molar refractivity (Wildman–Crippen MR) is 125 cm³/mol. The number of nitrogens with one attached hydrogen (secondary N) is 1. The molecule has 1 N–H and O–H groups in total. The van der Waals surface area contributed by atoms with Crippen LogP contribution in [0.3, 0.4) is 0 Å². The Morgan fingerprint density at radius 3 is 2.75 bits per heavy atom. The normalized spacial score (nSPS) is 11.4. The van der Waals surface area contributed by atoms with Gasteiger partial charge in [0, 0.05) is 23.8 Å². The molecule has 0 radical (unpaired) electrons. The second-order valence-corrected chi connectivity index (χ2v) is 8.46. The van der Waals surface area contributed by atoms with Crippen LogP contribution in [-0.2, 0) is 0 Å². The van der Waals surface area contributed by atoms with Gasteiger partial charge in [-0.05, 0) is 39.0 Å². The summed E-state index contributed by atoms with van der Waals surface area (Å²) in [5.74, 6) is 1.28. The van der Waals surface area contributed by atoms with E-state index in [0.29, 0.717) is 35.0 Å². The summed E-state index contributed by atoms with van der Waals surface area (Å²) < 4.78 is 13.2. The molecule has 9 heteroatoms. The second kappa shape index (κ2) is 7.76. The van der Waals surface area contributed by atoms with Gasteiger partial charge in [-0.1, -0.05) is 0 Å². The molecule has 0 fully saturated rings. The van der Waals surface area contributed by atoms with Gasteiger partial charge in [-0.2, -0.15) is 0 Å². The number of fused-ring (bicyclic) bond motifs is 2. The number of benzene rings is 1. The summed E-state index contributed by atoms with van der Waals surface area (Å²) in [6.07, 6.45) is 3.43. The molecule has 4 aromatic heterocycles. The molecule has 4 heterocycles. The summed E-state index contributed by atoms with van der Waals surface area (Å²) in [4.78, 5) is 30.2. The lowest BCUT2D eigenvalue weighted by atomic mass is 10.1. The van der Waals surface area contributed by atoms with Gasteiger partial charge < -0.3 is 9.47 Å². The minimum atomic E-state index is -0.295. The van der Waals surface area contributed by atoms with Crippen molar-refractivity contribution in [2.45, 2.75) is 20.8 Å². The Hall–Kier alpha value is -3.72. The van der Waals surface area contributed by atoms with E-state index < -0.39 is 0 Å². The van der Waals surface area contributed by atoms with E-state index >= 15 is 0 Å². The highest BCUT2D eigenvalue weighted by atomic mass is 32.1.